The maximum atomic E-state index is 4.24. The van der Waals surface area contributed by atoms with Gasteiger partial charge in [0.05, 0.1) is 17.1 Å². The van der Waals surface area contributed by atoms with Gasteiger partial charge in [-0.05, 0) is 24.3 Å². The van der Waals surface area contributed by atoms with E-state index in [1.807, 2.05) is 36.4 Å². The summed E-state index contributed by atoms with van der Waals surface area (Å²) in [7, 11) is 0. The van der Waals surface area contributed by atoms with Crippen LogP contribution in [0.4, 0.5) is 28.4 Å². The summed E-state index contributed by atoms with van der Waals surface area (Å²) in [5.41, 5.74) is 5.84. The van der Waals surface area contributed by atoms with Crippen LogP contribution in [0.25, 0.3) is 0 Å². The van der Waals surface area contributed by atoms with Crippen molar-refractivity contribution in [2.75, 3.05) is 4.90 Å². The zero-order valence-electron chi connectivity index (χ0n) is 7.88. The molecule has 3 nitrogen and oxygen atoms in total. The lowest BCUT2D eigenvalue weighted by atomic mass is 10.3. The minimum absolute atomic E-state index is 0.892. The van der Waals surface area contributed by atoms with Gasteiger partial charge < -0.3 is 4.90 Å². The highest BCUT2D eigenvalue weighted by Gasteiger charge is 2.52. The molecule has 70 valence electrons. The molecule has 2 aromatic carbocycles. The Morgan fingerprint density at radius 2 is 1.60 bits per heavy atom. The first-order valence-electron chi connectivity index (χ1n) is 4.89. The molecule has 3 aliphatic heterocycles. The van der Waals surface area contributed by atoms with Crippen LogP contribution in [0.2, 0.25) is 0 Å². The van der Waals surface area contributed by atoms with Crippen LogP contribution in [-0.2, 0) is 0 Å². The van der Waals surface area contributed by atoms with E-state index in [1.54, 1.807) is 0 Å². The summed E-state index contributed by atoms with van der Waals surface area (Å²) < 4.78 is 0. The fourth-order valence-electron chi connectivity index (χ4n) is 1.84. The molecule has 0 atom stereocenters. The highest BCUT2D eigenvalue weighted by molar-refractivity contribution is 6.28. The third kappa shape index (κ3) is 0.892. The van der Waals surface area contributed by atoms with Gasteiger partial charge in [0.15, 0.2) is 0 Å². The zero-order chi connectivity index (χ0) is 9.83. The molecule has 0 aliphatic carbocycles. The summed E-state index contributed by atoms with van der Waals surface area (Å²) in [4.78, 5) is 2.19. The van der Waals surface area contributed by atoms with Crippen molar-refractivity contribution in [2.45, 2.75) is 0 Å². The van der Waals surface area contributed by atoms with Crippen molar-refractivity contribution in [3.63, 3.8) is 0 Å². The van der Waals surface area contributed by atoms with Gasteiger partial charge in [0.1, 0.15) is 11.4 Å². The first-order valence-corrected chi connectivity index (χ1v) is 4.89. The molecular formula is C12H7N3. The average Bonchev–Trinajstić information content (AvgIpc) is 3.19. The molecule has 3 heteroatoms. The summed E-state index contributed by atoms with van der Waals surface area (Å²) >= 11 is 0. The average molecular weight is 193 g/mol. The Hall–Kier alpha value is -2.16. The number of rotatable bonds is 2. The van der Waals surface area contributed by atoms with Crippen molar-refractivity contribution in [2.24, 2.45) is 10.2 Å². The van der Waals surface area contributed by atoms with E-state index in [0.717, 1.165) is 11.4 Å². The Kier molecular flexibility index (Phi) is 1.08. The van der Waals surface area contributed by atoms with Crippen molar-refractivity contribution in [3.05, 3.63) is 42.5 Å². The Morgan fingerprint density at radius 1 is 0.800 bits per heavy atom. The first-order chi connectivity index (χ1) is 7.45. The van der Waals surface area contributed by atoms with Crippen LogP contribution in [0, 0.1) is 0 Å². The Labute approximate surface area is 86.7 Å². The van der Waals surface area contributed by atoms with Crippen LogP contribution < -0.4 is 4.90 Å². The molecule has 3 heterocycles. The molecule has 0 N–H and O–H groups in total. The topological polar surface area (TPSA) is 27.7 Å². The number of hydrogen-bond donors (Lipinski definition) is 0. The van der Waals surface area contributed by atoms with Crippen LogP contribution >= 0.6 is 0 Å². The van der Waals surface area contributed by atoms with Crippen molar-refractivity contribution in [3.8, 4) is 0 Å². The Bertz CT molecular complexity index is 587. The number of nitrogens with zero attached hydrogens (tertiary/aromatic N) is 3. The van der Waals surface area contributed by atoms with Gasteiger partial charge >= 0.3 is 0 Å². The number of azo groups is 1. The van der Waals surface area contributed by atoms with Crippen LogP contribution in [-0.4, -0.2) is 0 Å². The molecule has 15 heavy (non-hydrogen) atoms. The second-order valence-electron chi connectivity index (χ2n) is 3.67. The second kappa shape index (κ2) is 2.25. The summed E-state index contributed by atoms with van der Waals surface area (Å²) in [6.45, 7) is 0. The van der Waals surface area contributed by atoms with E-state index in [0.29, 0.717) is 0 Å². The quantitative estimate of drug-likeness (QED) is 0.346. The molecule has 0 radical (unpaired) electrons. The SMILES string of the molecule is c1ccc(N=Nc2ccc3c4c2N34)cc1. The number of fused-ring (bicyclic) bond motifs is 2. The predicted molar refractivity (Wildman–Crippen MR) is 58.9 cm³/mol. The fraction of sp³-hybridized carbons (Fsp3) is 0. The summed E-state index contributed by atoms with van der Waals surface area (Å²) in [5.74, 6) is 0. The molecule has 0 amide bonds. The molecule has 0 fully saturated rings. The lowest BCUT2D eigenvalue weighted by Gasteiger charge is -1.97. The molecule has 5 rings (SSSR count). The van der Waals surface area contributed by atoms with E-state index in [2.05, 4.69) is 21.2 Å². The summed E-state index contributed by atoms with van der Waals surface area (Å²) in [6.07, 6.45) is 0. The van der Waals surface area contributed by atoms with Crippen LogP contribution in [0.15, 0.2) is 52.7 Å². The highest BCUT2D eigenvalue weighted by atomic mass is 15.4. The molecule has 2 bridgehead atoms. The van der Waals surface area contributed by atoms with Gasteiger partial charge in [-0.25, -0.2) is 0 Å². The van der Waals surface area contributed by atoms with E-state index >= 15 is 0 Å². The molecule has 0 saturated carbocycles. The van der Waals surface area contributed by atoms with Crippen molar-refractivity contribution in [1.29, 1.82) is 0 Å². The van der Waals surface area contributed by atoms with Gasteiger partial charge in [-0.15, -0.1) is 5.11 Å². The summed E-state index contributed by atoms with van der Waals surface area (Å²) in [5, 5.41) is 8.42. The standard InChI is InChI=1S/C12H7N3/c1-2-4-8(5-3-1)13-14-9-6-7-10-12-11(9)15(10)12/h1-7H. The zero-order valence-corrected chi connectivity index (χ0v) is 7.88. The maximum absolute atomic E-state index is 4.24. The van der Waals surface area contributed by atoms with E-state index in [4.69, 9.17) is 0 Å². The Morgan fingerprint density at radius 3 is 2.33 bits per heavy atom. The fourth-order valence-corrected chi connectivity index (χ4v) is 1.84. The van der Waals surface area contributed by atoms with E-state index in [1.165, 1.54) is 17.1 Å². The predicted octanol–water partition coefficient (Wildman–Crippen LogP) is 4.20. The monoisotopic (exact) mass is 193 g/mol. The van der Waals surface area contributed by atoms with Crippen LogP contribution in [0.5, 0.6) is 0 Å². The molecule has 0 unspecified atom stereocenters. The lowest BCUT2D eigenvalue weighted by Crippen LogP contribution is -1.75. The number of anilines is 3. The largest absolute Gasteiger partial charge is 0.300 e. The van der Waals surface area contributed by atoms with Gasteiger partial charge in [-0.2, -0.15) is 5.11 Å². The van der Waals surface area contributed by atoms with Gasteiger partial charge in [-0.3, -0.25) is 0 Å². The molecule has 2 aromatic rings. The highest BCUT2D eigenvalue weighted by Crippen LogP contribution is 2.77. The van der Waals surface area contributed by atoms with E-state index in [-0.39, 0.29) is 0 Å². The molecule has 0 saturated heterocycles. The molecule has 0 aromatic heterocycles. The van der Waals surface area contributed by atoms with E-state index in [9.17, 15) is 0 Å². The number of hydrogen-bond acceptors (Lipinski definition) is 3. The van der Waals surface area contributed by atoms with Crippen molar-refractivity contribution in [1.82, 2.24) is 0 Å². The number of benzene rings is 2. The molecule has 0 spiro atoms. The van der Waals surface area contributed by atoms with Gasteiger partial charge in [0, 0.05) is 0 Å². The van der Waals surface area contributed by atoms with Crippen LogP contribution in [0.3, 0.4) is 0 Å². The maximum Gasteiger partial charge on any atom is 0.112 e. The first kappa shape index (κ1) is 7.17. The van der Waals surface area contributed by atoms with Gasteiger partial charge in [-0.1, -0.05) is 18.2 Å². The van der Waals surface area contributed by atoms with Crippen LogP contribution in [0.1, 0.15) is 0 Å². The third-order valence-electron chi connectivity index (χ3n) is 2.73. The van der Waals surface area contributed by atoms with Gasteiger partial charge in [0.2, 0.25) is 0 Å². The van der Waals surface area contributed by atoms with E-state index < -0.39 is 0 Å². The lowest BCUT2D eigenvalue weighted by molar-refractivity contribution is 1.23. The van der Waals surface area contributed by atoms with Crippen molar-refractivity contribution < 1.29 is 0 Å². The molecule has 3 aliphatic rings. The minimum atomic E-state index is 0.892. The smallest absolute Gasteiger partial charge is 0.112 e. The Balaban J connectivity index is 1.68. The van der Waals surface area contributed by atoms with Crippen molar-refractivity contribution >= 4 is 28.4 Å². The summed E-state index contributed by atoms with van der Waals surface area (Å²) in [6, 6.07) is 13.9. The normalized spacial score (nSPS) is 14.3. The van der Waals surface area contributed by atoms with Gasteiger partial charge in [0.25, 0.3) is 0 Å². The molecular weight excluding hydrogens is 186 g/mol. The second-order valence-corrected chi connectivity index (χ2v) is 3.67. The third-order valence-corrected chi connectivity index (χ3v) is 2.73. The minimum Gasteiger partial charge on any atom is -0.300 e.